The Labute approximate surface area is 145 Å². The van der Waals surface area contributed by atoms with Crippen LogP contribution < -0.4 is 10.1 Å². The highest BCUT2D eigenvalue weighted by Crippen LogP contribution is 2.28. The molecule has 0 aliphatic carbocycles. The zero-order valence-electron chi connectivity index (χ0n) is 13.8. The zero-order valence-corrected chi connectivity index (χ0v) is 13.8. The number of nitrogens with zero attached hydrogens (tertiary/aromatic N) is 3. The molecule has 2 atom stereocenters. The molecule has 1 amide bonds. The van der Waals surface area contributed by atoms with E-state index in [1.807, 2.05) is 55.5 Å². The second kappa shape index (κ2) is 6.39. The molecule has 0 bridgehead atoms. The van der Waals surface area contributed by atoms with Gasteiger partial charge in [0.15, 0.2) is 6.10 Å². The van der Waals surface area contributed by atoms with Crippen molar-refractivity contribution in [2.45, 2.75) is 25.5 Å². The van der Waals surface area contributed by atoms with Crippen molar-refractivity contribution in [2.24, 2.45) is 0 Å². The minimum absolute atomic E-state index is 0.0935. The number of nitrogens with one attached hydrogen (secondary N) is 1. The van der Waals surface area contributed by atoms with Gasteiger partial charge in [-0.1, -0.05) is 30.3 Å². The topological polar surface area (TPSA) is 69.0 Å². The first-order valence-electron chi connectivity index (χ1n) is 8.20. The number of hydrogen-bond donors (Lipinski definition) is 1. The Morgan fingerprint density at radius 1 is 1.24 bits per heavy atom. The molecular weight excluding hydrogens is 316 g/mol. The minimum atomic E-state index is -0.464. The van der Waals surface area contributed by atoms with Crippen LogP contribution in [-0.4, -0.2) is 26.8 Å². The Balaban J connectivity index is 1.40. The van der Waals surface area contributed by atoms with Crippen molar-refractivity contribution in [1.29, 1.82) is 0 Å². The van der Waals surface area contributed by atoms with Crippen LogP contribution in [0.1, 0.15) is 24.1 Å². The summed E-state index contributed by atoms with van der Waals surface area (Å²) in [4.78, 5) is 16.4. The summed E-state index contributed by atoms with van der Waals surface area (Å²) < 4.78 is 7.43. The molecule has 1 N–H and O–H groups in total. The minimum Gasteiger partial charge on any atom is -0.480 e. The summed E-state index contributed by atoms with van der Waals surface area (Å²) in [6.07, 6.45) is 3.29. The van der Waals surface area contributed by atoms with E-state index in [0.29, 0.717) is 6.42 Å². The molecule has 6 nitrogen and oxygen atoms in total. The van der Waals surface area contributed by atoms with Crippen LogP contribution >= 0.6 is 0 Å². The summed E-state index contributed by atoms with van der Waals surface area (Å²) in [5.74, 6) is 0.705. The van der Waals surface area contributed by atoms with E-state index in [9.17, 15) is 4.79 Å². The average Bonchev–Trinajstić information content (AvgIpc) is 3.31. The lowest BCUT2D eigenvalue weighted by Gasteiger charge is -2.17. The van der Waals surface area contributed by atoms with E-state index >= 15 is 0 Å². The van der Waals surface area contributed by atoms with Gasteiger partial charge >= 0.3 is 0 Å². The van der Waals surface area contributed by atoms with Crippen molar-refractivity contribution >= 4 is 5.91 Å². The SMILES string of the molecule is CC(NC(=O)C1Cc2ccccc2O1)c1ccc(-n2cncn2)cc1. The van der Waals surface area contributed by atoms with Gasteiger partial charge in [-0.2, -0.15) is 5.10 Å². The molecule has 0 fully saturated rings. The van der Waals surface area contributed by atoms with Gasteiger partial charge in [0.2, 0.25) is 0 Å². The van der Waals surface area contributed by atoms with Gasteiger partial charge in [0.25, 0.3) is 5.91 Å². The van der Waals surface area contributed by atoms with Crippen molar-refractivity contribution in [2.75, 3.05) is 0 Å². The van der Waals surface area contributed by atoms with E-state index in [1.54, 1.807) is 11.0 Å². The molecule has 25 heavy (non-hydrogen) atoms. The third-order valence-corrected chi connectivity index (χ3v) is 4.37. The highest BCUT2D eigenvalue weighted by Gasteiger charge is 2.29. The Morgan fingerprint density at radius 3 is 2.76 bits per heavy atom. The number of para-hydroxylation sites is 1. The number of benzene rings is 2. The van der Waals surface area contributed by atoms with E-state index in [0.717, 1.165) is 22.6 Å². The molecule has 1 aromatic heterocycles. The predicted octanol–water partition coefficient (Wildman–Crippen LogP) is 2.45. The molecule has 0 radical (unpaired) electrons. The first-order chi connectivity index (χ1) is 12.2. The molecular formula is C19H18N4O2. The Morgan fingerprint density at radius 2 is 2.04 bits per heavy atom. The summed E-state index contributed by atoms with van der Waals surface area (Å²) in [6, 6.07) is 15.5. The second-order valence-electron chi connectivity index (χ2n) is 6.08. The third-order valence-electron chi connectivity index (χ3n) is 4.37. The summed E-state index contributed by atoms with van der Waals surface area (Å²) >= 11 is 0. The molecule has 0 spiro atoms. The lowest BCUT2D eigenvalue weighted by Crippen LogP contribution is -2.38. The first kappa shape index (κ1) is 15.4. The van der Waals surface area contributed by atoms with Gasteiger partial charge in [-0.25, -0.2) is 9.67 Å². The van der Waals surface area contributed by atoms with Crippen molar-refractivity contribution in [1.82, 2.24) is 20.1 Å². The van der Waals surface area contributed by atoms with Crippen LogP contribution in [0.15, 0.2) is 61.2 Å². The average molecular weight is 334 g/mol. The number of ether oxygens (including phenoxy) is 1. The molecule has 4 rings (SSSR count). The van der Waals surface area contributed by atoms with Crippen LogP contribution in [0.3, 0.4) is 0 Å². The molecule has 6 heteroatoms. The van der Waals surface area contributed by atoms with Gasteiger partial charge in [-0.05, 0) is 36.2 Å². The van der Waals surface area contributed by atoms with Crippen LogP contribution in [-0.2, 0) is 11.2 Å². The molecule has 126 valence electrons. The van der Waals surface area contributed by atoms with Crippen LogP contribution in [0, 0.1) is 0 Å². The normalized spacial score (nSPS) is 16.8. The van der Waals surface area contributed by atoms with Gasteiger partial charge in [0.05, 0.1) is 11.7 Å². The van der Waals surface area contributed by atoms with Crippen LogP contribution in [0.25, 0.3) is 5.69 Å². The predicted molar refractivity (Wildman–Crippen MR) is 92.5 cm³/mol. The van der Waals surface area contributed by atoms with Crippen LogP contribution in [0.5, 0.6) is 5.75 Å². The Hall–Kier alpha value is -3.15. The fourth-order valence-electron chi connectivity index (χ4n) is 2.98. The maximum Gasteiger partial charge on any atom is 0.261 e. The van der Waals surface area contributed by atoms with E-state index in [1.165, 1.54) is 6.33 Å². The van der Waals surface area contributed by atoms with Gasteiger partial charge in [0.1, 0.15) is 18.4 Å². The van der Waals surface area contributed by atoms with Crippen LogP contribution in [0.2, 0.25) is 0 Å². The Kier molecular flexibility index (Phi) is 3.93. The maximum atomic E-state index is 12.5. The van der Waals surface area contributed by atoms with E-state index < -0.39 is 6.10 Å². The molecule has 3 aromatic rings. The molecule has 0 saturated carbocycles. The van der Waals surface area contributed by atoms with Crippen molar-refractivity contribution in [3.63, 3.8) is 0 Å². The third kappa shape index (κ3) is 3.10. The van der Waals surface area contributed by atoms with Crippen molar-refractivity contribution in [3.8, 4) is 11.4 Å². The van der Waals surface area contributed by atoms with E-state index in [-0.39, 0.29) is 11.9 Å². The highest BCUT2D eigenvalue weighted by atomic mass is 16.5. The number of fused-ring (bicyclic) bond motifs is 1. The summed E-state index contributed by atoms with van der Waals surface area (Å²) in [7, 11) is 0. The monoisotopic (exact) mass is 334 g/mol. The zero-order chi connectivity index (χ0) is 17.2. The maximum absolute atomic E-state index is 12.5. The molecule has 1 aliphatic heterocycles. The van der Waals surface area contributed by atoms with Gasteiger partial charge in [0, 0.05) is 6.42 Å². The first-order valence-corrected chi connectivity index (χ1v) is 8.20. The number of aromatic nitrogens is 3. The number of carbonyl (C=O) groups excluding carboxylic acids is 1. The van der Waals surface area contributed by atoms with Gasteiger partial charge in [-0.15, -0.1) is 0 Å². The molecule has 2 aromatic carbocycles. The van der Waals surface area contributed by atoms with Crippen molar-refractivity contribution in [3.05, 3.63) is 72.3 Å². The number of hydrogen-bond acceptors (Lipinski definition) is 4. The second-order valence-corrected chi connectivity index (χ2v) is 6.08. The summed E-state index contributed by atoms with van der Waals surface area (Å²) in [5, 5.41) is 7.13. The number of rotatable bonds is 4. The molecule has 2 unspecified atom stereocenters. The van der Waals surface area contributed by atoms with Crippen LogP contribution in [0.4, 0.5) is 0 Å². The van der Waals surface area contributed by atoms with Gasteiger partial charge in [-0.3, -0.25) is 4.79 Å². The Bertz CT molecular complexity index is 850. The molecule has 0 saturated heterocycles. The number of carbonyl (C=O) groups is 1. The fourth-order valence-corrected chi connectivity index (χ4v) is 2.98. The summed E-state index contributed by atoms with van der Waals surface area (Å²) in [6.45, 7) is 1.96. The lowest BCUT2D eigenvalue weighted by molar-refractivity contribution is -0.127. The standard InChI is InChI=1S/C19H18N4O2/c1-13(14-6-8-16(9-7-14)23-12-20-11-21-23)22-19(24)18-10-15-4-2-3-5-17(15)25-18/h2-9,11-13,18H,10H2,1H3,(H,22,24). The summed E-state index contributed by atoms with van der Waals surface area (Å²) in [5.41, 5.74) is 3.02. The largest absolute Gasteiger partial charge is 0.480 e. The smallest absolute Gasteiger partial charge is 0.261 e. The van der Waals surface area contributed by atoms with E-state index in [2.05, 4.69) is 15.4 Å². The fraction of sp³-hybridized carbons (Fsp3) is 0.211. The lowest BCUT2D eigenvalue weighted by atomic mass is 10.1. The molecule has 1 aliphatic rings. The van der Waals surface area contributed by atoms with Gasteiger partial charge < -0.3 is 10.1 Å². The quantitative estimate of drug-likeness (QED) is 0.796. The molecule has 2 heterocycles. The highest BCUT2D eigenvalue weighted by molar-refractivity contribution is 5.82. The number of amides is 1. The van der Waals surface area contributed by atoms with E-state index in [4.69, 9.17) is 4.74 Å². The van der Waals surface area contributed by atoms with Crippen molar-refractivity contribution < 1.29 is 9.53 Å².